The molecule has 124 valence electrons. The predicted molar refractivity (Wildman–Crippen MR) is 87.2 cm³/mol. The molecule has 6 heteroatoms. The van der Waals surface area contributed by atoms with Crippen LogP contribution in [0.3, 0.4) is 0 Å². The molecule has 1 amide bonds. The fourth-order valence-corrected chi connectivity index (χ4v) is 3.20. The number of hydrogen-bond acceptors (Lipinski definition) is 3. The standard InChI is InChI=1S/C18H17FN2O3/c1-12-11-14(6-9-16(12)21(23)24)18(22)20-10-2-3-17(20)13-4-7-15(19)8-5-13/h4-9,11,17H,2-3,10H2,1H3. The minimum atomic E-state index is -0.458. The SMILES string of the molecule is Cc1cc(C(=O)N2CCCC2c2ccc(F)cc2)ccc1[N+](=O)[O-]. The van der Waals surface area contributed by atoms with Crippen molar-refractivity contribution >= 4 is 11.6 Å². The molecule has 0 aromatic heterocycles. The Morgan fingerprint density at radius 1 is 1.25 bits per heavy atom. The first-order chi connectivity index (χ1) is 11.5. The number of halogens is 1. The van der Waals surface area contributed by atoms with Gasteiger partial charge in [-0.3, -0.25) is 14.9 Å². The molecule has 1 fully saturated rings. The summed E-state index contributed by atoms with van der Waals surface area (Å²) in [5.74, 6) is -0.458. The van der Waals surface area contributed by atoms with Gasteiger partial charge in [-0.15, -0.1) is 0 Å². The molecular formula is C18H17FN2O3. The number of aryl methyl sites for hydroxylation is 1. The van der Waals surface area contributed by atoms with E-state index < -0.39 is 4.92 Å². The van der Waals surface area contributed by atoms with Gasteiger partial charge in [0.15, 0.2) is 0 Å². The van der Waals surface area contributed by atoms with Gasteiger partial charge in [-0.25, -0.2) is 4.39 Å². The fraction of sp³-hybridized carbons (Fsp3) is 0.278. The van der Waals surface area contributed by atoms with Gasteiger partial charge in [0.1, 0.15) is 5.82 Å². The van der Waals surface area contributed by atoms with Gasteiger partial charge in [0.05, 0.1) is 11.0 Å². The number of rotatable bonds is 3. The molecule has 0 saturated carbocycles. The first kappa shape index (κ1) is 16.1. The van der Waals surface area contributed by atoms with Crippen molar-refractivity contribution in [3.63, 3.8) is 0 Å². The summed E-state index contributed by atoms with van der Waals surface area (Å²) in [4.78, 5) is 25.0. The highest BCUT2D eigenvalue weighted by Crippen LogP contribution is 2.33. The lowest BCUT2D eigenvalue weighted by Crippen LogP contribution is -2.30. The molecule has 0 N–H and O–H groups in total. The zero-order valence-electron chi connectivity index (χ0n) is 13.2. The van der Waals surface area contributed by atoms with Crippen LogP contribution in [0.2, 0.25) is 0 Å². The Balaban J connectivity index is 1.87. The van der Waals surface area contributed by atoms with Gasteiger partial charge in [0.25, 0.3) is 11.6 Å². The fourth-order valence-electron chi connectivity index (χ4n) is 3.20. The molecule has 1 unspecified atom stereocenters. The van der Waals surface area contributed by atoms with Crippen molar-refractivity contribution in [3.8, 4) is 0 Å². The zero-order valence-corrected chi connectivity index (χ0v) is 13.2. The van der Waals surface area contributed by atoms with E-state index in [0.717, 1.165) is 18.4 Å². The van der Waals surface area contributed by atoms with Crippen LogP contribution in [0.15, 0.2) is 42.5 Å². The summed E-state index contributed by atoms with van der Waals surface area (Å²) < 4.78 is 13.1. The van der Waals surface area contributed by atoms with Crippen LogP contribution in [-0.2, 0) is 0 Å². The lowest BCUT2D eigenvalue weighted by atomic mass is 10.0. The average molecular weight is 328 g/mol. The van der Waals surface area contributed by atoms with E-state index in [1.807, 2.05) is 0 Å². The summed E-state index contributed by atoms with van der Waals surface area (Å²) in [5, 5.41) is 10.9. The lowest BCUT2D eigenvalue weighted by molar-refractivity contribution is -0.385. The highest BCUT2D eigenvalue weighted by Gasteiger charge is 2.31. The number of likely N-dealkylation sites (tertiary alicyclic amines) is 1. The molecular weight excluding hydrogens is 311 g/mol. The smallest absolute Gasteiger partial charge is 0.272 e. The Bertz CT molecular complexity index is 789. The number of nitrogens with zero attached hydrogens (tertiary/aromatic N) is 2. The minimum Gasteiger partial charge on any atom is -0.332 e. The second-order valence-corrected chi connectivity index (χ2v) is 5.97. The summed E-state index contributed by atoms with van der Waals surface area (Å²) in [5.41, 5.74) is 1.81. The van der Waals surface area contributed by atoms with Crippen molar-refractivity contribution in [1.82, 2.24) is 4.90 Å². The Kier molecular flexibility index (Phi) is 4.29. The van der Waals surface area contributed by atoms with Crippen molar-refractivity contribution < 1.29 is 14.1 Å². The Labute approximate surface area is 138 Å². The van der Waals surface area contributed by atoms with Gasteiger partial charge < -0.3 is 4.90 Å². The summed E-state index contributed by atoms with van der Waals surface area (Å²) in [6.07, 6.45) is 1.70. The van der Waals surface area contributed by atoms with Crippen LogP contribution in [0.25, 0.3) is 0 Å². The van der Waals surface area contributed by atoms with Gasteiger partial charge in [-0.1, -0.05) is 12.1 Å². The van der Waals surface area contributed by atoms with Gasteiger partial charge in [-0.2, -0.15) is 0 Å². The third kappa shape index (κ3) is 2.99. The average Bonchev–Trinajstić information content (AvgIpc) is 3.04. The molecule has 2 aromatic rings. The molecule has 1 saturated heterocycles. The summed E-state index contributed by atoms with van der Waals surface area (Å²) in [7, 11) is 0. The van der Waals surface area contributed by atoms with E-state index in [9.17, 15) is 19.3 Å². The molecule has 0 bridgehead atoms. The van der Waals surface area contributed by atoms with Crippen molar-refractivity contribution in [2.24, 2.45) is 0 Å². The van der Waals surface area contributed by atoms with Crippen LogP contribution < -0.4 is 0 Å². The van der Waals surface area contributed by atoms with E-state index in [2.05, 4.69) is 0 Å². The molecule has 5 nitrogen and oxygen atoms in total. The highest BCUT2D eigenvalue weighted by molar-refractivity contribution is 5.95. The van der Waals surface area contributed by atoms with Gasteiger partial charge >= 0.3 is 0 Å². The van der Waals surface area contributed by atoms with Crippen LogP contribution >= 0.6 is 0 Å². The third-order valence-electron chi connectivity index (χ3n) is 4.41. The molecule has 1 aliphatic rings. The zero-order chi connectivity index (χ0) is 17.3. The van der Waals surface area contributed by atoms with Gasteiger partial charge in [0, 0.05) is 23.7 Å². The van der Waals surface area contributed by atoms with Crippen molar-refractivity contribution in [1.29, 1.82) is 0 Å². The first-order valence-electron chi connectivity index (χ1n) is 7.79. The Morgan fingerprint density at radius 2 is 1.96 bits per heavy atom. The number of nitro benzene ring substituents is 1. The van der Waals surface area contributed by atoms with Gasteiger partial charge in [-0.05, 0) is 49.6 Å². The summed E-state index contributed by atoms with van der Waals surface area (Å²) in [6, 6.07) is 10.5. The molecule has 0 aliphatic carbocycles. The monoisotopic (exact) mass is 328 g/mol. The summed E-state index contributed by atoms with van der Waals surface area (Å²) >= 11 is 0. The Morgan fingerprint density at radius 3 is 2.58 bits per heavy atom. The topological polar surface area (TPSA) is 63.5 Å². The number of carbonyl (C=O) groups excluding carboxylic acids is 1. The normalized spacial score (nSPS) is 17.1. The molecule has 1 heterocycles. The molecule has 2 aromatic carbocycles. The molecule has 0 radical (unpaired) electrons. The van der Waals surface area contributed by atoms with Crippen molar-refractivity contribution in [3.05, 3.63) is 75.1 Å². The number of nitro groups is 1. The van der Waals surface area contributed by atoms with E-state index in [1.165, 1.54) is 24.3 Å². The van der Waals surface area contributed by atoms with Crippen LogP contribution in [0.1, 0.15) is 40.4 Å². The third-order valence-corrected chi connectivity index (χ3v) is 4.41. The predicted octanol–water partition coefficient (Wildman–Crippen LogP) is 4.02. The molecule has 1 atom stereocenters. The van der Waals surface area contributed by atoms with E-state index in [-0.39, 0.29) is 23.5 Å². The van der Waals surface area contributed by atoms with Crippen molar-refractivity contribution in [2.75, 3.05) is 6.54 Å². The van der Waals surface area contributed by atoms with E-state index in [4.69, 9.17) is 0 Å². The number of amides is 1. The number of carbonyl (C=O) groups is 1. The Hall–Kier alpha value is -2.76. The van der Waals surface area contributed by atoms with Crippen LogP contribution in [0.5, 0.6) is 0 Å². The minimum absolute atomic E-state index is 0.00283. The second kappa shape index (κ2) is 6.39. The maximum Gasteiger partial charge on any atom is 0.272 e. The quantitative estimate of drug-likeness (QED) is 0.631. The van der Waals surface area contributed by atoms with Gasteiger partial charge in [0.2, 0.25) is 0 Å². The second-order valence-electron chi connectivity index (χ2n) is 5.97. The summed E-state index contributed by atoms with van der Waals surface area (Å²) in [6.45, 7) is 2.24. The number of benzene rings is 2. The van der Waals surface area contributed by atoms with Crippen LogP contribution in [-0.4, -0.2) is 22.3 Å². The lowest BCUT2D eigenvalue weighted by Gasteiger charge is -2.25. The molecule has 3 rings (SSSR count). The molecule has 0 spiro atoms. The van der Waals surface area contributed by atoms with E-state index in [1.54, 1.807) is 30.0 Å². The van der Waals surface area contributed by atoms with Crippen LogP contribution in [0, 0.1) is 22.9 Å². The van der Waals surface area contributed by atoms with E-state index in [0.29, 0.717) is 17.7 Å². The number of hydrogen-bond donors (Lipinski definition) is 0. The molecule has 1 aliphatic heterocycles. The highest BCUT2D eigenvalue weighted by atomic mass is 19.1. The van der Waals surface area contributed by atoms with Crippen molar-refractivity contribution in [2.45, 2.75) is 25.8 Å². The largest absolute Gasteiger partial charge is 0.332 e. The molecule has 24 heavy (non-hydrogen) atoms. The maximum atomic E-state index is 13.1. The van der Waals surface area contributed by atoms with Crippen LogP contribution in [0.4, 0.5) is 10.1 Å². The van der Waals surface area contributed by atoms with E-state index >= 15 is 0 Å². The first-order valence-corrected chi connectivity index (χ1v) is 7.79. The maximum absolute atomic E-state index is 13.1.